The summed E-state index contributed by atoms with van der Waals surface area (Å²) in [5, 5.41) is 0.842. The molecule has 1 heterocycles. The van der Waals surface area contributed by atoms with Crippen LogP contribution < -0.4 is 0 Å². The topological polar surface area (TPSA) is 47.3 Å². The fourth-order valence-corrected chi connectivity index (χ4v) is 2.60. The molecule has 0 atom stereocenters. The summed E-state index contributed by atoms with van der Waals surface area (Å²) in [5.41, 5.74) is 1.41. The maximum absolute atomic E-state index is 11.2. The van der Waals surface area contributed by atoms with E-state index in [-0.39, 0.29) is 5.75 Å². The Bertz CT molecular complexity index is 598. The molecule has 0 N–H and O–H groups in total. The molecule has 2 aromatic rings. The summed E-state index contributed by atoms with van der Waals surface area (Å²) in [5.74, 6) is 0.0104. The van der Waals surface area contributed by atoms with Gasteiger partial charge in [-0.3, -0.25) is 0 Å². The molecule has 0 aliphatic carbocycles. The van der Waals surface area contributed by atoms with Crippen LogP contribution in [0.25, 0.3) is 11.0 Å². The highest BCUT2D eigenvalue weighted by Crippen LogP contribution is 2.25. The van der Waals surface area contributed by atoms with E-state index in [0.717, 1.165) is 9.86 Å². The highest BCUT2D eigenvalue weighted by atomic mass is 79.9. The van der Waals surface area contributed by atoms with Gasteiger partial charge in [-0.15, -0.1) is 0 Å². The number of halogens is 1. The van der Waals surface area contributed by atoms with E-state index in [1.165, 1.54) is 12.5 Å². The lowest BCUT2D eigenvalue weighted by atomic mass is 10.2. The van der Waals surface area contributed by atoms with E-state index in [9.17, 15) is 8.42 Å². The van der Waals surface area contributed by atoms with Crippen LogP contribution >= 0.6 is 15.9 Å². The number of benzene rings is 1. The van der Waals surface area contributed by atoms with Gasteiger partial charge in [0.15, 0.2) is 9.84 Å². The van der Waals surface area contributed by atoms with Crippen molar-refractivity contribution < 1.29 is 12.8 Å². The molecule has 0 bridgehead atoms. The highest BCUT2D eigenvalue weighted by Gasteiger charge is 2.11. The Morgan fingerprint density at radius 2 is 2.13 bits per heavy atom. The van der Waals surface area contributed by atoms with E-state index in [2.05, 4.69) is 15.9 Å². The lowest BCUT2D eigenvalue weighted by Crippen LogP contribution is -1.99. The zero-order valence-electron chi connectivity index (χ0n) is 8.03. The molecule has 0 radical (unpaired) electrons. The van der Waals surface area contributed by atoms with Crippen molar-refractivity contribution in [3.05, 3.63) is 34.5 Å². The van der Waals surface area contributed by atoms with E-state index in [1.807, 2.05) is 18.2 Å². The summed E-state index contributed by atoms with van der Waals surface area (Å²) >= 11 is 3.34. The van der Waals surface area contributed by atoms with Crippen molar-refractivity contribution in [2.45, 2.75) is 5.75 Å². The van der Waals surface area contributed by atoms with Crippen LogP contribution in [-0.4, -0.2) is 14.7 Å². The quantitative estimate of drug-likeness (QED) is 0.854. The van der Waals surface area contributed by atoms with Crippen LogP contribution in [0.1, 0.15) is 5.56 Å². The van der Waals surface area contributed by atoms with Crippen molar-refractivity contribution >= 4 is 36.7 Å². The molecule has 0 unspecified atom stereocenters. The minimum Gasteiger partial charge on any atom is -0.464 e. The molecular formula is C10H9BrO3S. The maximum atomic E-state index is 11.2. The second kappa shape index (κ2) is 3.64. The maximum Gasteiger partial charge on any atom is 0.151 e. The normalized spacial score (nSPS) is 12.1. The van der Waals surface area contributed by atoms with Crippen LogP contribution in [0, 0.1) is 0 Å². The van der Waals surface area contributed by atoms with Gasteiger partial charge in [0.2, 0.25) is 0 Å². The number of hydrogen-bond donors (Lipinski definition) is 0. The van der Waals surface area contributed by atoms with E-state index in [0.29, 0.717) is 11.1 Å². The standard InChI is InChI=1S/C10H9BrO3S/c1-15(12,13)6-7-5-14-10-3-2-8(11)4-9(7)10/h2-5H,6H2,1H3. The average molecular weight is 289 g/mol. The first-order valence-electron chi connectivity index (χ1n) is 4.29. The number of rotatable bonds is 2. The second-order valence-electron chi connectivity index (χ2n) is 3.47. The molecule has 80 valence electrons. The van der Waals surface area contributed by atoms with E-state index >= 15 is 0 Å². The Hall–Kier alpha value is -0.810. The summed E-state index contributed by atoms with van der Waals surface area (Å²) in [6, 6.07) is 5.53. The lowest BCUT2D eigenvalue weighted by Gasteiger charge is -1.96. The summed E-state index contributed by atoms with van der Waals surface area (Å²) in [7, 11) is -3.03. The molecule has 5 heteroatoms. The third kappa shape index (κ3) is 2.41. The molecule has 0 spiro atoms. The van der Waals surface area contributed by atoms with Crippen molar-refractivity contribution in [3.8, 4) is 0 Å². The van der Waals surface area contributed by atoms with Gasteiger partial charge in [-0.05, 0) is 18.2 Å². The third-order valence-electron chi connectivity index (χ3n) is 2.03. The molecule has 1 aromatic carbocycles. The van der Waals surface area contributed by atoms with Crippen molar-refractivity contribution in [3.63, 3.8) is 0 Å². The Labute approximate surface area is 96.1 Å². The molecule has 0 fully saturated rings. The van der Waals surface area contributed by atoms with Gasteiger partial charge in [-0.1, -0.05) is 15.9 Å². The minimum atomic E-state index is -3.03. The largest absolute Gasteiger partial charge is 0.464 e. The van der Waals surface area contributed by atoms with Gasteiger partial charge < -0.3 is 4.42 Å². The van der Waals surface area contributed by atoms with Crippen LogP contribution in [0.4, 0.5) is 0 Å². The van der Waals surface area contributed by atoms with E-state index in [4.69, 9.17) is 4.42 Å². The molecule has 0 saturated carbocycles. The fourth-order valence-electron chi connectivity index (χ4n) is 1.45. The lowest BCUT2D eigenvalue weighted by molar-refractivity contribution is 0.596. The minimum absolute atomic E-state index is 0.0104. The van der Waals surface area contributed by atoms with Gasteiger partial charge in [-0.25, -0.2) is 8.42 Å². The third-order valence-corrected chi connectivity index (χ3v) is 3.36. The van der Waals surface area contributed by atoms with Crippen LogP contribution in [0.2, 0.25) is 0 Å². The summed E-state index contributed by atoms with van der Waals surface area (Å²) in [4.78, 5) is 0. The smallest absolute Gasteiger partial charge is 0.151 e. The molecule has 0 aliphatic rings. The van der Waals surface area contributed by atoms with Gasteiger partial charge in [-0.2, -0.15) is 0 Å². The molecule has 0 saturated heterocycles. The molecular weight excluding hydrogens is 280 g/mol. The van der Waals surface area contributed by atoms with E-state index < -0.39 is 9.84 Å². The van der Waals surface area contributed by atoms with Gasteiger partial charge in [0.05, 0.1) is 12.0 Å². The van der Waals surface area contributed by atoms with Gasteiger partial charge in [0, 0.05) is 21.7 Å². The molecule has 0 aliphatic heterocycles. The van der Waals surface area contributed by atoms with Crippen LogP contribution in [0.5, 0.6) is 0 Å². The summed E-state index contributed by atoms with van der Waals surface area (Å²) < 4.78 is 28.5. The van der Waals surface area contributed by atoms with Crippen molar-refractivity contribution in [2.24, 2.45) is 0 Å². The van der Waals surface area contributed by atoms with E-state index in [1.54, 1.807) is 0 Å². The fraction of sp³-hybridized carbons (Fsp3) is 0.200. The Kier molecular flexibility index (Phi) is 2.60. The SMILES string of the molecule is CS(=O)(=O)Cc1coc2ccc(Br)cc12. The summed E-state index contributed by atoms with van der Waals surface area (Å²) in [6.07, 6.45) is 2.71. The number of furan rings is 1. The van der Waals surface area contributed by atoms with Gasteiger partial charge >= 0.3 is 0 Å². The first-order valence-corrected chi connectivity index (χ1v) is 7.14. The molecule has 2 rings (SSSR count). The number of fused-ring (bicyclic) bond motifs is 1. The van der Waals surface area contributed by atoms with Gasteiger partial charge in [0.25, 0.3) is 0 Å². The molecule has 0 amide bonds. The predicted molar refractivity (Wildman–Crippen MR) is 62.5 cm³/mol. The molecule has 1 aromatic heterocycles. The van der Waals surface area contributed by atoms with Crippen LogP contribution in [0.15, 0.2) is 33.4 Å². The highest BCUT2D eigenvalue weighted by molar-refractivity contribution is 9.10. The van der Waals surface area contributed by atoms with Crippen molar-refractivity contribution in [1.82, 2.24) is 0 Å². The monoisotopic (exact) mass is 288 g/mol. The Balaban J connectivity index is 2.57. The predicted octanol–water partition coefficient (Wildman–Crippen LogP) is 2.74. The zero-order chi connectivity index (χ0) is 11.1. The van der Waals surface area contributed by atoms with Crippen LogP contribution in [-0.2, 0) is 15.6 Å². The molecule has 3 nitrogen and oxygen atoms in total. The zero-order valence-corrected chi connectivity index (χ0v) is 10.4. The average Bonchev–Trinajstić information content (AvgIpc) is 2.46. The second-order valence-corrected chi connectivity index (χ2v) is 6.53. The Morgan fingerprint density at radius 3 is 2.80 bits per heavy atom. The summed E-state index contributed by atoms with van der Waals surface area (Å²) in [6.45, 7) is 0. The first-order chi connectivity index (χ1) is 6.96. The first kappa shape index (κ1) is 10.7. The number of sulfone groups is 1. The van der Waals surface area contributed by atoms with Gasteiger partial charge in [0.1, 0.15) is 5.58 Å². The Morgan fingerprint density at radius 1 is 1.40 bits per heavy atom. The number of hydrogen-bond acceptors (Lipinski definition) is 3. The molecule has 15 heavy (non-hydrogen) atoms. The van der Waals surface area contributed by atoms with Crippen molar-refractivity contribution in [1.29, 1.82) is 0 Å². The van der Waals surface area contributed by atoms with Crippen molar-refractivity contribution in [2.75, 3.05) is 6.26 Å². The van der Waals surface area contributed by atoms with Crippen LogP contribution in [0.3, 0.4) is 0 Å².